The zero-order chi connectivity index (χ0) is 26.3. The zero-order valence-corrected chi connectivity index (χ0v) is 19.5. The van der Waals surface area contributed by atoms with Gasteiger partial charge in [-0.2, -0.15) is 13.2 Å². The first-order valence-corrected chi connectivity index (χ1v) is 12.2. The van der Waals surface area contributed by atoms with Gasteiger partial charge in [-0.3, -0.25) is 9.52 Å². The summed E-state index contributed by atoms with van der Waals surface area (Å²) in [6.07, 6.45) is -3.71. The van der Waals surface area contributed by atoms with Crippen molar-refractivity contribution >= 4 is 44.1 Å². The van der Waals surface area contributed by atoms with E-state index in [4.69, 9.17) is 11.6 Å². The van der Waals surface area contributed by atoms with Gasteiger partial charge in [0.25, 0.3) is 0 Å². The fourth-order valence-electron chi connectivity index (χ4n) is 3.43. The van der Waals surface area contributed by atoms with Crippen LogP contribution in [0.3, 0.4) is 0 Å². The predicted molar refractivity (Wildman–Crippen MR) is 124 cm³/mol. The maximum atomic E-state index is 15.1. The Bertz CT molecular complexity index is 1570. The summed E-state index contributed by atoms with van der Waals surface area (Å²) in [5, 5.41) is 0.743. The number of sulfonamides is 1. The third-order valence-electron chi connectivity index (χ3n) is 5.19. The molecular formula is C23H15ClF5N3O3S. The van der Waals surface area contributed by atoms with Crippen molar-refractivity contribution in [2.45, 2.75) is 12.6 Å². The molecule has 0 saturated heterocycles. The molecule has 0 spiro atoms. The summed E-state index contributed by atoms with van der Waals surface area (Å²) in [5.74, 6) is -5.35. The number of carbonyl (C=O) groups excluding carboxylic acids is 1. The third kappa shape index (κ3) is 5.49. The maximum absolute atomic E-state index is 15.1. The molecule has 4 rings (SSSR count). The number of nitrogens with one attached hydrogen (secondary N) is 2. The van der Waals surface area contributed by atoms with Gasteiger partial charge >= 0.3 is 6.18 Å². The van der Waals surface area contributed by atoms with Gasteiger partial charge in [-0.25, -0.2) is 22.2 Å². The third-order valence-corrected chi connectivity index (χ3v) is 6.72. The number of pyridine rings is 1. The van der Waals surface area contributed by atoms with Crippen molar-refractivity contribution < 1.29 is 35.2 Å². The molecule has 188 valence electrons. The lowest BCUT2D eigenvalue weighted by molar-refractivity contribution is -0.129. The lowest BCUT2D eigenvalue weighted by atomic mass is 10.00. The average molecular weight is 544 g/mol. The van der Waals surface area contributed by atoms with Crippen LogP contribution < -0.4 is 4.72 Å². The number of hydrogen-bond donors (Lipinski definition) is 2. The van der Waals surface area contributed by atoms with Crippen LogP contribution in [0.25, 0.3) is 22.2 Å². The van der Waals surface area contributed by atoms with Gasteiger partial charge in [0.2, 0.25) is 15.8 Å². The topological polar surface area (TPSA) is 91.9 Å². The van der Waals surface area contributed by atoms with Gasteiger partial charge in [0.15, 0.2) is 5.82 Å². The number of hydrogen-bond acceptors (Lipinski definition) is 4. The average Bonchev–Trinajstić information content (AvgIpc) is 3.23. The van der Waals surface area contributed by atoms with E-state index in [0.717, 1.165) is 0 Å². The molecule has 0 fully saturated rings. The summed E-state index contributed by atoms with van der Waals surface area (Å²) in [4.78, 5) is 20.1. The van der Waals surface area contributed by atoms with Gasteiger partial charge < -0.3 is 4.98 Å². The number of benzene rings is 2. The Morgan fingerprint density at radius 2 is 1.75 bits per heavy atom. The Kier molecular flexibility index (Phi) is 6.76. The number of fused-ring (bicyclic) bond motifs is 1. The Morgan fingerprint density at radius 3 is 2.42 bits per heavy atom. The molecule has 2 N–H and O–H groups in total. The van der Waals surface area contributed by atoms with Crippen LogP contribution in [-0.2, 0) is 10.0 Å². The molecule has 0 aliphatic heterocycles. The van der Waals surface area contributed by atoms with E-state index in [1.165, 1.54) is 12.4 Å². The Hall–Kier alpha value is -3.51. The van der Waals surface area contributed by atoms with Crippen molar-refractivity contribution in [2.75, 3.05) is 10.5 Å². The molecule has 0 atom stereocenters. The number of rotatable bonds is 7. The second kappa shape index (κ2) is 9.51. The lowest BCUT2D eigenvalue weighted by Crippen LogP contribution is -2.23. The van der Waals surface area contributed by atoms with Gasteiger partial charge in [-0.15, -0.1) is 0 Å². The van der Waals surface area contributed by atoms with Gasteiger partial charge in [0, 0.05) is 33.9 Å². The van der Waals surface area contributed by atoms with Crippen LogP contribution >= 0.6 is 11.6 Å². The number of ketones is 1. The van der Waals surface area contributed by atoms with Crippen LogP contribution in [0.2, 0.25) is 5.02 Å². The first kappa shape index (κ1) is 25.6. The number of carbonyl (C=O) groups is 1. The molecule has 13 heteroatoms. The molecule has 0 amide bonds. The van der Waals surface area contributed by atoms with Crippen LogP contribution in [0, 0.1) is 11.6 Å². The smallest absolute Gasteiger partial charge is 0.345 e. The van der Waals surface area contributed by atoms with E-state index in [1.807, 2.05) is 0 Å². The number of anilines is 1. The molecule has 0 bridgehead atoms. The van der Waals surface area contributed by atoms with Crippen molar-refractivity contribution in [2.24, 2.45) is 0 Å². The van der Waals surface area contributed by atoms with E-state index in [9.17, 15) is 30.8 Å². The highest BCUT2D eigenvalue weighted by atomic mass is 35.5. The first-order chi connectivity index (χ1) is 16.8. The van der Waals surface area contributed by atoms with Gasteiger partial charge in [0.05, 0.1) is 23.4 Å². The van der Waals surface area contributed by atoms with Crippen LogP contribution in [0.1, 0.15) is 22.3 Å². The SMILES string of the molecule is O=C(c1c(F)ccc(NS(=O)(=O)CCC(F)(F)F)c1F)c1c[nH]c2ncc(-c3ccc(Cl)cc3)cc12. The van der Waals surface area contributed by atoms with Crippen LogP contribution in [0.15, 0.2) is 54.9 Å². The fourth-order valence-corrected chi connectivity index (χ4v) is 4.66. The lowest BCUT2D eigenvalue weighted by Gasteiger charge is -2.12. The maximum Gasteiger partial charge on any atom is 0.390 e. The van der Waals surface area contributed by atoms with Gasteiger partial charge in [-0.1, -0.05) is 23.7 Å². The highest BCUT2D eigenvalue weighted by molar-refractivity contribution is 7.92. The van der Waals surface area contributed by atoms with Crippen LogP contribution in [0.4, 0.5) is 27.6 Å². The van der Waals surface area contributed by atoms with E-state index < -0.39 is 57.0 Å². The number of H-pyrrole nitrogens is 1. The summed E-state index contributed by atoms with van der Waals surface area (Å²) in [6, 6.07) is 9.63. The largest absolute Gasteiger partial charge is 0.390 e. The Labute approximate surface area is 206 Å². The molecular weight excluding hydrogens is 529 g/mol. The van der Waals surface area contributed by atoms with Gasteiger partial charge in [-0.05, 0) is 35.9 Å². The molecule has 2 aromatic heterocycles. The first-order valence-electron chi connectivity index (χ1n) is 10.2. The summed E-state index contributed by atoms with van der Waals surface area (Å²) in [5.41, 5.74) is -0.546. The molecule has 2 aromatic carbocycles. The van der Waals surface area contributed by atoms with Crippen molar-refractivity contribution in [1.29, 1.82) is 0 Å². The van der Waals surface area contributed by atoms with E-state index in [-0.39, 0.29) is 16.6 Å². The van der Waals surface area contributed by atoms with Crippen molar-refractivity contribution in [3.63, 3.8) is 0 Å². The minimum Gasteiger partial charge on any atom is -0.345 e. The molecule has 0 unspecified atom stereocenters. The second-order valence-corrected chi connectivity index (χ2v) is 10.0. The van der Waals surface area contributed by atoms with Crippen molar-refractivity contribution in [3.8, 4) is 11.1 Å². The monoisotopic (exact) mass is 543 g/mol. The molecule has 0 aliphatic rings. The molecule has 36 heavy (non-hydrogen) atoms. The van der Waals surface area contributed by atoms with Crippen molar-refractivity contribution in [1.82, 2.24) is 9.97 Å². The predicted octanol–water partition coefficient (Wildman–Crippen LogP) is 6.09. The highest BCUT2D eigenvalue weighted by Crippen LogP contribution is 2.30. The quantitative estimate of drug-likeness (QED) is 0.218. The standard InChI is InChI=1S/C23H15ClF5N3O3S/c24-14-3-1-12(2-4-14)13-9-15-16(11-31-22(15)30-10-13)21(33)19-17(25)5-6-18(20(19)26)32-36(34,35)8-7-23(27,28)29/h1-6,9-11,32H,7-8H2,(H,30,31). The molecule has 0 saturated carbocycles. The van der Waals surface area contributed by atoms with Crippen LogP contribution in [0.5, 0.6) is 0 Å². The summed E-state index contributed by atoms with van der Waals surface area (Å²) in [7, 11) is -4.64. The van der Waals surface area contributed by atoms with E-state index in [1.54, 1.807) is 35.1 Å². The summed E-state index contributed by atoms with van der Waals surface area (Å²) in [6.45, 7) is 0. The molecule has 2 heterocycles. The van der Waals surface area contributed by atoms with Crippen LogP contribution in [-0.4, -0.2) is 36.1 Å². The van der Waals surface area contributed by atoms with E-state index in [0.29, 0.717) is 28.3 Å². The molecule has 6 nitrogen and oxygen atoms in total. The molecule has 0 radical (unpaired) electrons. The fraction of sp³-hybridized carbons (Fsp3) is 0.130. The minimum absolute atomic E-state index is 0.150. The van der Waals surface area contributed by atoms with Gasteiger partial charge in [0.1, 0.15) is 11.5 Å². The number of aromatic nitrogens is 2. The Morgan fingerprint density at radius 1 is 1.06 bits per heavy atom. The second-order valence-electron chi connectivity index (χ2n) is 7.73. The summed E-state index contributed by atoms with van der Waals surface area (Å²) < 4.78 is 92.5. The molecule has 4 aromatic rings. The number of alkyl halides is 3. The van der Waals surface area contributed by atoms with Crippen molar-refractivity contribution in [3.05, 3.63) is 82.6 Å². The number of halogens is 6. The van der Waals surface area contributed by atoms with E-state index >= 15 is 4.39 Å². The van der Waals surface area contributed by atoms with E-state index in [2.05, 4.69) is 9.97 Å². The number of nitrogens with zero attached hydrogens (tertiary/aromatic N) is 1. The molecule has 0 aliphatic carbocycles. The Balaban J connectivity index is 1.71. The number of aromatic amines is 1. The normalized spacial score (nSPS) is 12.2. The minimum atomic E-state index is -4.76. The summed E-state index contributed by atoms with van der Waals surface area (Å²) >= 11 is 5.90. The highest BCUT2D eigenvalue weighted by Gasteiger charge is 2.31. The zero-order valence-electron chi connectivity index (χ0n) is 18.0.